The van der Waals surface area contributed by atoms with E-state index >= 15 is 0 Å². The van der Waals surface area contributed by atoms with Crippen LogP contribution >= 0.6 is 35.3 Å². The Morgan fingerprint density at radius 3 is 3.12 bits per heavy atom. The molecule has 0 radical (unpaired) electrons. The van der Waals surface area contributed by atoms with Crippen LogP contribution in [0.1, 0.15) is 19.8 Å². The standard InChI is InChI=1S/C10H16N4S3/c1-3-5-7-16-10-14-13-9(17-10)12-8(15)11-6-4-2/h4H,2-3,5-7H2,1H3,(H2,11,12,13,15). The van der Waals surface area contributed by atoms with Gasteiger partial charge in [0.2, 0.25) is 5.13 Å². The van der Waals surface area contributed by atoms with Crippen LogP contribution in [0.15, 0.2) is 17.0 Å². The van der Waals surface area contributed by atoms with Crippen LogP contribution in [0.3, 0.4) is 0 Å². The van der Waals surface area contributed by atoms with Gasteiger partial charge in [0, 0.05) is 12.3 Å². The summed E-state index contributed by atoms with van der Waals surface area (Å²) in [5, 5.41) is 15.4. The lowest BCUT2D eigenvalue weighted by Crippen LogP contribution is -2.28. The first kappa shape index (κ1) is 14.4. The third-order valence-electron chi connectivity index (χ3n) is 1.76. The quantitative estimate of drug-likeness (QED) is 0.348. The van der Waals surface area contributed by atoms with Crippen LogP contribution in [0, 0.1) is 0 Å². The van der Waals surface area contributed by atoms with Gasteiger partial charge in [-0.2, -0.15) is 0 Å². The van der Waals surface area contributed by atoms with E-state index in [-0.39, 0.29) is 0 Å². The fraction of sp³-hybridized carbons (Fsp3) is 0.500. The van der Waals surface area contributed by atoms with E-state index < -0.39 is 0 Å². The molecule has 0 aliphatic carbocycles. The van der Waals surface area contributed by atoms with Crippen molar-refractivity contribution in [1.29, 1.82) is 0 Å². The molecular weight excluding hydrogens is 272 g/mol. The van der Waals surface area contributed by atoms with Crippen molar-refractivity contribution in [1.82, 2.24) is 15.5 Å². The molecule has 0 bridgehead atoms. The van der Waals surface area contributed by atoms with Gasteiger partial charge in [-0.05, 0) is 18.6 Å². The normalized spacial score (nSPS) is 9.94. The highest BCUT2D eigenvalue weighted by atomic mass is 32.2. The zero-order valence-corrected chi connectivity index (χ0v) is 12.2. The molecule has 0 fully saturated rings. The summed E-state index contributed by atoms with van der Waals surface area (Å²) in [5.74, 6) is 1.09. The molecule has 0 saturated heterocycles. The van der Waals surface area contributed by atoms with Gasteiger partial charge in [-0.15, -0.1) is 16.8 Å². The Kier molecular flexibility index (Phi) is 7.14. The first-order valence-corrected chi connectivity index (χ1v) is 7.59. The van der Waals surface area contributed by atoms with Crippen molar-refractivity contribution in [3.8, 4) is 0 Å². The summed E-state index contributed by atoms with van der Waals surface area (Å²) in [4.78, 5) is 0. The summed E-state index contributed by atoms with van der Waals surface area (Å²) in [5.41, 5.74) is 0. The number of hydrogen-bond acceptors (Lipinski definition) is 5. The lowest BCUT2D eigenvalue weighted by molar-refractivity contribution is 0.894. The van der Waals surface area contributed by atoms with Gasteiger partial charge in [-0.25, -0.2) is 0 Å². The molecule has 0 aliphatic heterocycles. The van der Waals surface area contributed by atoms with Crippen LogP contribution < -0.4 is 10.6 Å². The number of rotatable bonds is 7. The minimum absolute atomic E-state index is 0.547. The minimum Gasteiger partial charge on any atom is -0.359 e. The Labute approximate surface area is 115 Å². The molecule has 7 heteroatoms. The summed E-state index contributed by atoms with van der Waals surface area (Å²) in [7, 11) is 0. The second-order valence-electron chi connectivity index (χ2n) is 3.20. The highest BCUT2D eigenvalue weighted by molar-refractivity contribution is 8.01. The van der Waals surface area contributed by atoms with E-state index in [2.05, 4.69) is 34.3 Å². The highest BCUT2D eigenvalue weighted by Gasteiger charge is 2.05. The SMILES string of the molecule is C=CCNC(=S)Nc1nnc(SCCCC)s1. The Balaban J connectivity index is 2.34. The molecule has 0 spiro atoms. The molecule has 1 aromatic heterocycles. The predicted octanol–water partition coefficient (Wildman–Crippen LogP) is 2.90. The number of unbranched alkanes of at least 4 members (excludes halogenated alkanes) is 1. The van der Waals surface area contributed by atoms with E-state index in [1.807, 2.05) is 0 Å². The van der Waals surface area contributed by atoms with Gasteiger partial charge >= 0.3 is 0 Å². The molecule has 1 rings (SSSR count). The summed E-state index contributed by atoms with van der Waals surface area (Å²) >= 11 is 8.34. The fourth-order valence-corrected chi connectivity index (χ4v) is 3.08. The van der Waals surface area contributed by atoms with Crippen LogP contribution in [0.2, 0.25) is 0 Å². The number of aromatic nitrogens is 2. The van der Waals surface area contributed by atoms with Gasteiger partial charge in [0.25, 0.3) is 0 Å². The maximum absolute atomic E-state index is 5.08. The van der Waals surface area contributed by atoms with Crippen LogP contribution in [-0.2, 0) is 0 Å². The number of thiocarbonyl (C=S) groups is 1. The van der Waals surface area contributed by atoms with Gasteiger partial charge in [0.05, 0.1) is 0 Å². The van der Waals surface area contributed by atoms with Gasteiger partial charge in [-0.1, -0.05) is 42.5 Å². The smallest absolute Gasteiger partial charge is 0.212 e. The Morgan fingerprint density at radius 2 is 2.41 bits per heavy atom. The molecule has 1 heterocycles. The van der Waals surface area contributed by atoms with E-state index in [0.717, 1.165) is 15.2 Å². The summed E-state index contributed by atoms with van der Waals surface area (Å²) in [6, 6.07) is 0. The average molecular weight is 288 g/mol. The molecule has 0 amide bonds. The summed E-state index contributed by atoms with van der Waals surface area (Å²) < 4.78 is 0.979. The number of hydrogen-bond donors (Lipinski definition) is 2. The molecule has 17 heavy (non-hydrogen) atoms. The third kappa shape index (κ3) is 5.99. The van der Waals surface area contributed by atoms with Crippen molar-refractivity contribution in [3.63, 3.8) is 0 Å². The van der Waals surface area contributed by atoms with Gasteiger partial charge in [0.15, 0.2) is 9.45 Å². The maximum Gasteiger partial charge on any atom is 0.212 e. The molecule has 0 unspecified atom stereocenters. The van der Waals surface area contributed by atoms with E-state index in [4.69, 9.17) is 12.2 Å². The van der Waals surface area contributed by atoms with Crippen molar-refractivity contribution in [2.45, 2.75) is 24.1 Å². The highest BCUT2D eigenvalue weighted by Crippen LogP contribution is 2.25. The number of thioether (sulfide) groups is 1. The topological polar surface area (TPSA) is 49.8 Å². The first-order valence-electron chi connectivity index (χ1n) is 5.38. The molecule has 0 atom stereocenters. The Morgan fingerprint density at radius 1 is 1.59 bits per heavy atom. The second-order valence-corrected chi connectivity index (χ2v) is 5.93. The molecule has 4 nitrogen and oxygen atoms in total. The lowest BCUT2D eigenvalue weighted by atomic mass is 10.4. The van der Waals surface area contributed by atoms with Crippen molar-refractivity contribution in [3.05, 3.63) is 12.7 Å². The van der Waals surface area contributed by atoms with E-state index in [0.29, 0.717) is 11.7 Å². The van der Waals surface area contributed by atoms with Crippen molar-refractivity contribution >= 4 is 45.6 Å². The Bertz CT molecular complexity index is 364. The monoisotopic (exact) mass is 288 g/mol. The van der Waals surface area contributed by atoms with Gasteiger partial charge in [-0.3, -0.25) is 0 Å². The molecule has 94 valence electrons. The van der Waals surface area contributed by atoms with E-state index in [1.54, 1.807) is 17.8 Å². The number of nitrogens with one attached hydrogen (secondary N) is 2. The van der Waals surface area contributed by atoms with Gasteiger partial charge < -0.3 is 10.6 Å². The lowest BCUT2D eigenvalue weighted by Gasteiger charge is -2.04. The minimum atomic E-state index is 0.547. The Hall–Kier alpha value is -0.660. The average Bonchev–Trinajstić information content (AvgIpc) is 2.74. The van der Waals surface area contributed by atoms with Crippen LogP contribution in [0.25, 0.3) is 0 Å². The predicted molar refractivity (Wildman–Crippen MR) is 80.0 cm³/mol. The summed E-state index contributed by atoms with van der Waals surface area (Å²) in [6.45, 7) is 6.43. The zero-order valence-electron chi connectivity index (χ0n) is 9.73. The number of nitrogens with zero attached hydrogens (tertiary/aromatic N) is 2. The zero-order chi connectivity index (χ0) is 12.5. The van der Waals surface area contributed by atoms with E-state index in [9.17, 15) is 0 Å². The molecular formula is C10H16N4S3. The third-order valence-corrected chi connectivity index (χ3v) is 4.06. The molecule has 0 saturated carbocycles. The van der Waals surface area contributed by atoms with Crippen LogP contribution in [0.4, 0.5) is 5.13 Å². The van der Waals surface area contributed by atoms with Crippen molar-refractivity contribution in [2.24, 2.45) is 0 Å². The first-order chi connectivity index (χ1) is 8.26. The van der Waals surface area contributed by atoms with Crippen LogP contribution in [-0.4, -0.2) is 27.6 Å². The molecule has 1 aromatic rings. The number of anilines is 1. The summed E-state index contributed by atoms with van der Waals surface area (Å²) in [6.07, 6.45) is 4.15. The van der Waals surface area contributed by atoms with Crippen molar-refractivity contribution in [2.75, 3.05) is 17.6 Å². The molecule has 0 aromatic carbocycles. The second kappa shape index (κ2) is 8.43. The van der Waals surface area contributed by atoms with Gasteiger partial charge in [0.1, 0.15) is 0 Å². The van der Waals surface area contributed by atoms with Crippen molar-refractivity contribution < 1.29 is 0 Å². The van der Waals surface area contributed by atoms with Crippen LogP contribution in [0.5, 0.6) is 0 Å². The maximum atomic E-state index is 5.08. The molecule has 2 N–H and O–H groups in total. The molecule has 0 aliphatic rings. The largest absolute Gasteiger partial charge is 0.359 e. The fourth-order valence-electron chi connectivity index (χ4n) is 0.929. The van der Waals surface area contributed by atoms with E-state index in [1.165, 1.54) is 24.2 Å².